The first-order valence-electron chi connectivity index (χ1n) is 10.5. The number of allylic oxidation sites excluding steroid dienone is 1. The van der Waals surface area contributed by atoms with Crippen LogP contribution in [0.15, 0.2) is 80.2 Å². The predicted octanol–water partition coefficient (Wildman–Crippen LogP) is 3.46. The fraction of sp³-hybridized carbons (Fsp3) is 0.120. The number of carbonyl (C=O) groups excluding carboxylic acids is 1. The summed E-state index contributed by atoms with van der Waals surface area (Å²) in [5.74, 6) is -1.03. The molecular weight excluding hydrogens is 435 g/mol. The van der Waals surface area contributed by atoms with Crippen LogP contribution >= 0.6 is 0 Å². The molecule has 0 radical (unpaired) electrons. The van der Waals surface area contributed by atoms with Gasteiger partial charge in [-0.25, -0.2) is 19.0 Å². The van der Waals surface area contributed by atoms with Crippen molar-refractivity contribution in [2.45, 2.75) is 12.6 Å². The SMILES string of the molecule is C=CC(=O)c1ccc(-n2nc(CCN(c3ccccc3)C(O)C=C)c3ncnc(N)c32)cc1F. The van der Waals surface area contributed by atoms with E-state index in [9.17, 15) is 14.3 Å². The van der Waals surface area contributed by atoms with Gasteiger partial charge in [-0.05, 0) is 36.4 Å². The second-order valence-corrected chi connectivity index (χ2v) is 7.48. The number of hydrogen-bond acceptors (Lipinski definition) is 7. The van der Waals surface area contributed by atoms with Crippen LogP contribution in [0.3, 0.4) is 0 Å². The van der Waals surface area contributed by atoms with Crippen molar-refractivity contribution in [2.75, 3.05) is 17.2 Å². The van der Waals surface area contributed by atoms with E-state index in [0.717, 1.165) is 11.8 Å². The van der Waals surface area contributed by atoms with Crippen molar-refractivity contribution in [3.8, 4) is 5.69 Å². The minimum absolute atomic E-state index is 0.0865. The summed E-state index contributed by atoms with van der Waals surface area (Å²) in [7, 11) is 0. The Morgan fingerprint density at radius 2 is 1.97 bits per heavy atom. The molecule has 4 rings (SSSR count). The summed E-state index contributed by atoms with van der Waals surface area (Å²) in [6.07, 6.45) is 3.34. The fourth-order valence-corrected chi connectivity index (χ4v) is 3.72. The molecule has 2 heterocycles. The van der Waals surface area contributed by atoms with Crippen LogP contribution in [0, 0.1) is 5.82 Å². The lowest BCUT2D eigenvalue weighted by atomic mass is 10.1. The van der Waals surface area contributed by atoms with Gasteiger partial charge < -0.3 is 15.7 Å². The third-order valence-electron chi connectivity index (χ3n) is 5.41. The topological polar surface area (TPSA) is 110 Å². The van der Waals surface area contributed by atoms with Crippen LogP contribution in [0.5, 0.6) is 0 Å². The molecule has 3 N–H and O–H groups in total. The molecule has 0 bridgehead atoms. The maximum atomic E-state index is 14.6. The van der Waals surface area contributed by atoms with Crippen LogP contribution in [0.4, 0.5) is 15.9 Å². The van der Waals surface area contributed by atoms with E-state index in [0.29, 0.717) is 35.4 Å². The molecule has 0 aliphatic heterocycles. The highest BCUT2D eigenvalue weighted by Gasteiger charge is 2.20. The number of aliphatic hydroxyl groups is 1. The number of nitrogen functional groups attached to an aromatic ring is 1. The summed E-state index contributed by atoms with van der Waals surface area (Å²) in [6.45, 7) is 7.48. The molecule has 2 aromatic carbocycles. The Bertz CT molecular complexity index is 1370. The molecule has 8 nitrogen and oxygen atoms in total. The number of anilines is 2. The average molecular weight is 458 g/mol. The molecule has 9 heteroatoms. The molecule has 0 aliphatic carbocycles. The number of ketones is 1. The maximum Gasteiger partial charge on any atom is 0.188 e. The molecular formula is C25H23FN6O2. The van der Waals surface area contributed by atoms with Gasteiger partial charge in [-0.3, -0.25) is 4.79 Å². The number of fused-ring (bicyclic) bond motifs is 1. The van der Waals surface area contributed by atoms with Crippen LogP contribution in [0.25, 0.3) is 16.7 Å². The standard InChI is InChI=1S/C25H23FN6O2/c1-3-21(33)18-11-10-17(14-19(18)26)32-24-23(28-15-29-25(24)27)20(30-32)12-13-31(22(34)4-2)16-8-6-5-7-9-16/h3-11,14-15,22,34H,1-2,12-13H2,(H2,27,28,29). The van der Waals surface area contributed by atoms with E-state index in [4.69, 9.17) is 5.73 Å². The Labute approximate surface area is 195 Å². The number of carbonyl (C=O) groups is 1. The molecule has 1 unspecified atom stereocenters. The molecule has 0 saturated heterocycles. The van der Waals surface area contributed by atoms with E-state index >= 15 is 0 Å². The van der Waals surface area contributed by atoms with Gasteiger partial charge in [0.05, 0.1) is 16.9 Å². The Kier molecular flexibility index (Phi) is 6.46. The Hall–Kier alpha value is -4.37. The van der Waals surface area contributed by atoms with Gasteiger partial charge in [0.1, 0.15) is 29.4 Å². The van der Waals surface area contributed by atoms with Crippen LogP contribution in [-0.2, 0) is 6.42 Å². The van der Waals surface area contributed by atoms with Gasteiger partial charge in [-0.2, -0.15) is 5.10 Å². The minimum Gasteiger partial charge on any atom is -0.382 e. The van der Waals surface area contributed by atoms with E-state index in [-0.39, 0.29) is 11.4 Å². The molecule has 0 saturated carbocycles. The second-order valence-electron chi connectivity index (χ2n) is 7.48. The van der Waals surface area contributed by atoms with Crippen molar-refractivity contribution < 1.29 is 14.3 Å². The number of aromatic nitrogens is 4. The van der Waals surface area contributed by atoms with Crippen molar-refractivity contribution in [1.29, 1.82) is 0 Å². The van der Waals surface area contributed by atoms with Crippen LogP contribution < -0.4 is 10.6 Å². The van der Waals surface area contributed by atoms with E-state index in [1.54, 1.807) is 11.0 Å². The molecule has 0 spiro atoms. The van der Waals surface area contributed by atoms with E-state index in [1.165, 1.54) is 29.2 Å². The van der Waals surface area contributed by atoms with Gasteiger partial charge in [0.25, 0.3) is 0 Å². The van der Waals surface area contributed by atoms with Gasteiger partial charge in [0.2, 0.25) is 0 Å². The lowest BCUT2D eigenvalue weighted by Crippen LogP contribution is -2.35. The number of aliphatic hydroxyl groups excluding tert-OH is 1. The van der Waals surface area contributed by atoms with Crippen molar-refractivity contribution in [1.82, 2.24) is 19.7 Å². The molecule has 172 valence electrons. The summed E-state index contributed by atoms with van der Waals surface area (Å²) in [5.41, 5.74) is 8.75. The largest absolute Gasteiger partial charge is 0.382 e. The highest BCUT2D eigenvalue weighted by atomic mass is 19.1. The number of rotatable bonds is 9. The molecule has 34 heavy (non-hydrogen) atoms. The summed E-state index contributed by atoms with van der Waals surface area (Å²) in [4.78, 5) is 22.0. The number of nitrogens with zero attached hydrogens (tertiary/aromatic N) is 5. The van der Waals surface area contributed by atoms with Crippen molar-refractivity contribution >= 4 is 28.3 Å². The van der Waals surface area contributed by atoms with E-state index in [1.807, 2.05) is 30.3 Å². The van der Waals surface area contributed by atoms with Crippen molar-refractivity contribution in [2.24, 2.45) is 0 Å². The molecule has 2 aromatic heterocycles. The highest BCUT2D eigenvalue weighted by Crippen LogP contribution is 2.26. The zero-order valence-electron chi connectivity index (χ0n) is 18.3. The second kappa shape index (κ2) is 9.63. The normalized spacial score (nSPS) is 11.8. The maximum absolute atomic E-state index is 14.6. The van der Waals surface area contributed by atoms with Gasteiger partial charge in [-0.15, -0.1) is 0 Å². The van der Waals surface area contributed by atoms with Crippen LogP contribution in [0.2, 0.25) is 0 Å². The van der Waals surface area contributed by atoms with Crippen LogP contribution in [0.1, 0.15) is 16.1 Å². The monoisotopic (exact) mass is 458 g/mol. The fourth-order valence-electron chi connectivity index (χ4n) is 3.72. The minimum atomic E-state index is -0.903. The van der Waals surface area contributed by atoms with E-state index in [2.05, 4.69) is 28.2 Å². The predicted molar refractivity (Wildman–Crippen MR) is 129 cm³/mol. The number of halogens is 1. The summed E-state index contributed by atoms with van der Waals surface area (Å²) < 4.78 is 16.1. The van der Waals surface area contributed by atoms with Crippen LogP contribution in [-0.4, -0.2) is 43.4 Å². The first kappa shape index (κ1) is 22.8. The Balaban J connectivity index is 1.74. The van der Waals surface area contributed by atoms with E-state index < -0.39 is 17.8 Å². The van der Waals surface area contributed by atoms with Gasteiger partial charge >= 0.3 is 0 Å². The van der Waals surface area contributed by atoms with Gasteiger partial charge in [-0.1, -0.05) is 31.4 Å². The molecule has 0 aliphatic rings. The zero-order valence-corrected chi connectivity index (χ0v) is 18.3. The molecule has 0 amide bonds. The van der Waals surface area contributed by atoms with Gasteiger partial charge in [0.15, 0.2) is 11.6 Å². The number of benzene rings is 2. The zero-order chi connectivity index (χ0) is 24.2. The Morgan fingerprint density at radius 1 is 1.21 bits per heavy atom. The third kappa shape index (κ3) is 4.28. The number of nitrogens with two attached hydrogens (primary N) is 1. The summed E-state index contributed by atoms with van der Waals surface area (Å²) >= 11 is 0. The average Bonchev–Trinajstić information content (AvgIpc) is 3.24. The molecule has 1 atom stereocenters. The molecule has 4 aromatic rings. The summed E-state index contributed by atoms with van der Waals surface area (Å²) in [6, 6.07) is 13.6. The highest BCUT2D eigenvalue weighted by molar-refractivity contribution is 6.04. The summed E-state index contributed by atoms with van der Waals surface area (Å²) in [5, 5.41) is 15.1. The lowest BCUT2D eigenvalue weighted by molar-refractivity contribution is 0.104. The van der Waals surface area contributed by atoms with Crippen molar-refractivity contribution in [3.63, 3.8) is 0 Å². The number of hydrogen-bond donors (Lipinski definition) is 2. The third-order valence-corrected chi connectivity index (χ3v) is 5.41. The number of para-hydroxylation sites is 1. The first-order valence-corrected chi connectivity index (χ1v) is 10.5. The smallest absolute Gasteiger partial charge is 0.188 e. The molecule has 0 fully saturated rings. The first-order chi connectivity index (χ1) is 16.4. The lowest BCUT2D eigenvalue weighted by Gasteiger charge is -2.27. The van der Waals surface area contributed by atoms with Gasteiger partial charge in [0, 0.05) is 24.7 Å². The van der Waals surface area contributed by atoms with Crippen molar-refractivity contribution in [3.05, 3.63) is 97.2 Å². The Morgan fingerprint density at radius 3 is 2.65 bits per heavy atom. The quantitative estimate of drug-likeness (QED) is 0.171.